The molecule has 0 spiro atoms. The van der Waals surface area contributed by atoms with Gasteiger partial charge in [-0.2, -0.15) is 0 Å². The van der Waals surface area contributed by atoms with E-state index in [-0.39, 0.29) is 0 Å². The monoisotopic (exact) mass is 280 g/mol. The van der Waals surface area contributed by atoms with Crippen LogP contribution in [0.4, 0.5) is 0 Å². The lowest BCUT2D eigenvalue weighted by Crippen LogP contribution is -2.23. The van der Waals surface area contributed by atoms with E-state index in [1.165, 1.54) is 16.7 Å². The van der Waals surface area contributed by atoms with Gasteiger partial charge in [0.2, 0.25) is 0 Å². The molecule has 2 aromatic carbocycles. The van der Waals surface area contributed by atoms with E-state index in [1.807, 2.05) is 0 Å². The topological polar surface area (TPSA) is 29.3 Å². The molecule has 2 N–H and O–H groups in total. The van der Waals surface area contributed by atoms with Crippen molar-refractivity contribution in [2.75, 3.05) is 19.6 Å². The van der Waals surface area contributed by atoms with E-state index in [9.17, 15) is 0 Å². The first-order chi connectivity index (χ1) is 10.3. The van der Waals surface area contributed by atoms with E-state index in [1.54, 1.807) is 0 Å². The quantitative estimate of drug-likeness (QED) is 0.932. The van der Waals surface area contributed by atoms with Gasteiger partial charge in [0, 0.05) is 25.6 Å². The lowest BCUT2D eigenvalue weighted by atomic mass is 9.86. The smallest absolute Gasteiger partial charge is 0.0234 e. The zero-order valence-corrected chi connectivity index (χ0v) is 12.7. The number of nitrogens with two attached hydrogens (primary N) is 1. The maximum Gasteiger partial charge on any atom is 0.0234 e. The molecule has 1 heterocycles. The van der Waals surface area contributed by atoms with Crippen LogP contribution in [-0.2, 0) is 6.54 Å². The van der Waals surface area contributed by atoms with E-state index in [0.717, 1.165) is 26.2 Å². The number of hydrogen-bond acceptors (Lipinski definition) is 2. The molecule has 21 heavy (non-hydrogen) atoms. The first kappa shape index (κ1) is 14.3. The van der Waals surface area contributed by atoms with Gasteiger partial charge in [-0.3, -0.25) is 4.90 Å². The van der Waals surface area contributed by atoms with Gasteiger partial charge in [0.15, 0.2) is 0 Å². The van der Waals surface area contributed by atoms with E-state index >= 15 is 0 Å². The van der Waals surface area contributed by atoms with Crippen LogP contribution in [0.1, 0.15) is 22.6 Å². The molecule has 0 amide bonds. The molecule has 110 valence electrons. The highest BCUT2D eigenvalue weighted by Gasteiger charge is 2.33. The molecule has 2 heteroatoms. The van der Waals surface area contributed by atoms with Gasteiger partial charge in [-0.25, -0.2) is 0 Å². The molecular formula is C19H24N2. The van der Waals surface area contributed by atoms with Gasteiger partial charge >= 0.3 is 0 Å². The Kier molecular flexibility index (Phi) is 4.37. The van der Waals surface area contributed by atoms with Crippen LogP contribution >= 0.6 is 0 Å². The zero-order valence-electron chi connectivity index (χ0n) is 12.7. The zero-order chi connectivity index (χ0) is 14.7. The van der Waals surface area contributed by atoms with E-state index in [4.69, 9.17) is 5.73 Å². The summed E-state index contributed by atoms with van der Waals surface area (Å²) in [6.45, 7) is 6.22. The highest BCUT2D eigenvalue weighted by molar-refractivity contribution is 5.31. The largest absolute Gasteiger partial charge is 0.330 e. The fourth-order valence-corrected chi connectivity index (χ4v) is 3.53. The molecule has 2 atom stereocenters. The lowest BCUT2D eigenvalue weighted by molar-refractivity contribution is 0.317. The fourth-order valence-electron chi connectivity index (χ4n) is 3.53. The van der Waals surface area contributed by atoms with Gasteiger partial charge in [-0.1, -0.05) is 54.6 Å². The van der Waals surface area contributed by atoms with Crippen molar-refractivity contribution >= 4 is 0 Å². The summed E-state index contributed by atoms with van der Waals surface area (Å²) < 4.78 is 0. The van der Waals surface area contributed by atoms with E-state index in [2.05, 4.69) is 66.4 Å². The van der Waals surface area contributed by atoms with Crippen molar-refractivity contribution in [1.82, 2.24) is 4.90 Å². The Labute approximate surface area is 127 Å². The molecule has 0 aromatic heterocycles. The Balaban J connectivity index is 1.76. The predicted molar refractivity (Wildman–Crippen MR) is 88.2 cm³/mol. The standard InChI is InChI=1S/C19H24N2/c1-15-7-5-6-10-18(15)19-14-21(13-17(19)11-20)12-16-8-3-2-4-9-16/h2-10,17,19H,11-14,20H2,1H3/t17-,19+/m0/s1. The molecule has 2 aromatic rings. The molecule has 0 unspecified atom stereocenters. The Morgan fingerprint density at radius 1 is 1.00 bits per heavy atom. The van der Waals surface area contributed by atoms with Gasteiger partial charge in [0.25, 0.3) is 0 Å². The number of benzene rings is 2. The normalized spacial score (nSPS) is 22.6. The third kappa shape index (κ3) is 3.17. The number of aryl methyl sites for hydroxylation is 1. The molecule has 0 saturated carbocycles. The first-order valence-electron chi connectivity index (χ1n) is 7.80. The maximum absolute atomic E-state index is 6.04. The summed E-state index contributed by atoms with van der Waals surface area (Å²) in [4.78, 5) is 2.55. The van der Waals surface area contributed by atoms with Gasteiger partial charge in [-0.05, 0) is 36.1 Å². The molecule has 1 saturated heterocycles. The first-order valence-corrected chi connectivity index (χ1v) is 7.80. The van der Waals surface area contributed by atoms with Crippen LogP contribution in [0.2, 0.25) is 0 Å². The van der Waals surface area contributed by atoms with Gasteiger partial charge in [0.1, 0.15) is 0 Å². The summed E-state index contributed by atoms with van der Waals surface area (Å²) >= 11 is 0. The molecule has 0 aliphatic carbocycles. The average Bonchev–Trinajstić information content (AvgIpc) is 2.91. The van der Waals surface area contributed by atoms with Gasteiger partial charge < -0.3 is 5.73 Å². The second kappa shape index (κ2) is 6.42. The lowest BCUT2D eigenvalue weighted by Gasteiger charge is -2.19. The third-order valence-electron chi connectivity index (χ3n) is 4.66. The van der Waals surface area contributed by atoms with Gasteiger partial charge in [0.05, 0.1) is 0 Å². The number of hydrogen-bond donors (Lipinski definition) is 1. The highest BCUT2D eigenvalue weighted by atomic mass is 15.2. The number of likely N-dealkylation sites (tertiary alicyclic amines) is 1. The minimum absolute atomic E-state index is 0.565. The van der Waals surface area contributed by atoms with Crippen molar-refractivity contribution in [2.45, 2.75) is 19.4 Å². The van der Waals surface area contributed by atoms with Crippen LogP contribution in [0.3, 0.4) is 0 Å². The Bertz CT molecular complexity index is 579. The maximum atomic E-state index is 6.04. The third-order valence-corrected chi connectivity index (χ3v) is 4.66. The van der Waals surface area contributed by atoms with Crippen molar-refractivity contribution in [3.8, 4) is 0 Å². The second-order valence-corrected chi connectivity index (χ2v) is 6.14. The van der Waals surface area contributed by atoms with Crippen LogP contribution in [-0.4, -0.2) is 24.5 Å². The molecule has 0 bridgehead atoms. The highest BCUT2D eigenvalue weighted by Crippen LogP contribution is 2.34. The molecule has 1 aliphatic heterocycles. The average molecular weight is 280 g/mol. The summed E-state index contributed by atoms with van der Waals surface area (Å²) in [5.74, 6) is 1.13. The summed E-state index contributed by atoms with van der Waals surface area (Å²) in [6, 6.07) is 19.5. The second-order valence-electron chi connectivity index (χ2n) is 6.14. The molecule has 0 radical (unpaired) electrons. The summed E-state index contributed by atoms with van der Waals surface area (Å²) in [5.41, 5.74) is 10.3. The van der Waals surface area contributed by atoms with Crippen LogP contribution in [0, 0.1) is 12.8 Å². The summed E-state index contributed by atoms with van der Waals surface area (Å²) in [7, 11) is 0. The Morgan fingerprint density at radius 2 is 1.71 bits per heavy atom. The predicted octanol–water partition coefficient (Wildman–Crippen LogP) is 3.17. The molecular weight excluding hydrogens is 256 g/mol. The Hall–Kier alpha value is -1.64. The van der Waals surface area contributed by atoms with Crippen molar-refractivity contribution in [1.29, 1.82) is 0 Å². The van der Waals surface area contributed by atoms with E-state index in [0.29, 0.717) is 11.8 Å². The minimum atomic E-state index is 0.565. The SMILES string of the molecule is Cc1ccccc1[C@@H]1CN(Cc2ccccc2)C[C@@H]1CN. The van der Waals surface area contributed by atoms with Crippen LogP contribution in [0.25, 0.3) is 0 Å². The number of nitrogens with zero attached hydrogens (tertiary/aromatic N) is 1. The van der Waals surface area contributed by atoms with Crippen LogP contribution < -0.4 is 5.73 Å². The van der Waals surface area contributed by atoms with Crippen LogP contribution in [0.15, 0.2) is 54.6 Å². The van der Waals surface area contributed by atoms with E-state index < -0.39 is 0 Å². The van der Waals surface area contributed by atoms with Crippen molar-refractivity contribution in [3.05, 3.63) is 71.3 Å². The van der Waals surface area contributed by atoms with Crippen LogP contribution in [0.5, 0.6) is 0 Å². The molecule has 1 aliphatic rings. The minimum Gasteiger partial charge on any atom is -0.330 e. The number of rotatable bonds is 4. The summed E-state index contributed by atoms with van der Waals surface area (Å²) in [5, 5.41) is 0. The van der Waals surface area contributed by atoms with Crippen molar-refractivity contribution in [3.63, 3.8) is 0 Å². The fraction of sp³-hybridized carbons (Fsp3) is 0.368. The Morgan fingerprint density at radius 3 is 2.43 bits per heavy atom. The van der Waals surface area contributed by atoms with Gasteiger partial charge in [-0.15, -0.1) is 0 Å². The molecule has 1 fully saturated rings. The molecule has 3 rings (SSSR count). The van der Waals surface area contributed by atoms with Crippen molar-refractivity contribution in [2.24, 2.45) is 11.7 Å². The molecule has 2 nitrogen and oxygen atoms in total. The van der Waals surface area contributed by atoms with Crippen molar-refractivity contribution < 1.29 is 0 Å². The summed E-state index contributed by atoms with van der Waals surface area (Å²) in [6.07, 6.45) is 0.